The summed E-state index contributed by atoms with van der Waals surface area (Å²) in [6.07, 6.45) is 1.48. The van der Waals surface area contributed by atoms with Crippen LogP contribution in [0.3, 0.4) is 0 Å². The molecule has 0 aliphatic rings. The number of hydrogen-bond donors (Lipinski definition) is 1. The molecule has 4 nitrogen and oxygen atoms in total. The SMILES string of the molecule is Cc1c(C)n(-c2ccccc2Cl)c2ncnc(N)c12. The van der Waals surface area contributed by atoms with E-state index in [1.165, 1.54) is 6.33 Å². The zero-order chi connectivity index (χ0) is 13.6. The van der Waals surface area contributed by atoms with Gasteiger partial charge in [-0.2, -0.15) is 0 Å². The molecule has 0 saturated heterocycles. The summed E-state index contributed by atoms with van der Waals surface area (Å²) in [4.78, 5) is 8.41. The third-order valence-corrected chi connectivity index (χ3v) is 3.73. The van der Waals surface area contributed by atoms with Gasteiger partial charge in [0.15, 0.2) is 5.65 Å². The number of anilines is 1. The van der Waals surface area contributed by atoms with Crippen molar-refractivity contribution < 1.29 is 0 Å². The molecule has 2 aromatic heterocycles. The van der Waals surface area contributed by atoms with Crippen molar-refractivity contribution >= 4 is 28.5 Å². The number of hydrogen-bond acceptors (Lipinski definition) is 3. The first-order valence-electron chi connectivity index (χ1n) is 5.94. The summed E-state index contributed by atoms with van der Waals surface area (Å²) < 4.78 is 2.02. The molecule has 3 aromatic rings. The normalized spacial score (nSPS) is 11.1. The molecule has 2 heterocycles. The van der Waals surface area contributed by atoms with E-state index in [0.717, 1.165) is 28.0 Å². The first-order chi connectivity index (χ1) is 9.11. The molecule has 0 unspecified atom stereocenters. The van der Waals surface area contributed by atoms with Gasteiger partial charge < -0.3 is 5.73 Å². The molecule has 0 atom stereocenters. The Hall–Kier alpha value is -2.07. The van der Waals surface area contributed by atoms with Crippen molar-refractivity contribution in [1.82, 2.24) is 14.5 Å². The fourth-order valence-corrected chi connectivity index (χ4v) is 2.57. The quantitative estimate of drug-likeness (QED) is 0.740. The summed E-state index contributed by atoms with van der Waals surface area (Å²) in [5.74, 6) is 0.497. The van der Waals surface area contributed by atoms with Gasteiger partial charge in [0.05, 0.1) is 16.1 Å². The fraction of sp³-hybridized carbons (Fsp3) is 0.143. The molecule has 0 saturated carbocycles. The van der Waals surface area contributed by atoms with Gasteiger partial charge in [0, 0.05) is 5.69 Å². The predicted octanol–water partition coefficient (Wildman–Crippen LogP) is 3.27. The minimum absolute atomic E-state index is 0.497. The lowest BCUT2D eigenvalue weighted by atomic mass is 10.2. The van der Waals surface area contributed by atoms with Crippen molar-refractivity contribution in [3.8, 4) is 5.69 Å². The highest BCUT2D eigenvalue weighted by atomic mass is 35.5. The maximum absolute atomic E-state index is 6.28. The number of nitrogen functional groups attached to an aromatic ring is 1. The minimum atomic E-state index is 0.497. The second-order valence-electron chi connectivity index (χ2n) is 4.45. The van der Waals surface area contributed by atoms with Crippen LogP contribution in [0.4, 0.5) is 5.82 Å². The molecule has 0 spiro atoms. The Morgan fingerprint density at radius 3 is 2.63 bits per heavy atom. The largest absolute Gasteiger partial charge is 0.383 e. The van der Waals surface area contributed by atoms with Crippen molar-refractivity contribution in [1.29, 1.82) is 0 Å². The molecule has 3 rings (SSSR count). The fourth-order valence-electron chi connectivity index (χ4n) is 2.35. The van der Waals surface area contributed by atoms with Crippen molar-refractivity contribution in [2.45, 2.75) is 13.8 Å². The summed E-state index contributed by atoms with van der Waals surface area (Å²) in [5, 5.41) is 1.57. The Labute approximate surface area is 115 Å². The van der Waals surface area contributed by atoms with Gasteiger partial charge in [-0.1, -0.05) is 23.7 Å². The molecule has 96 valence electrons. The molecule has 0 bridgehead atoms. The smallest absolute Gasteiger partial charge is 0.150 e. The lowest BCUT2D eigenvalue weighted by Crippen LogP contribution is -1.99. The highest BCUT2D eigenvalue weighted by molar-refractivity contribution is 6.32. The topological polar surface area (TPSA) is 56.7 Å². The maximum atomic E-state index is 6.28. The second-order valence-corrected chi connectivity index (χ2v) is 4.86. The van der Waals surface area contributed by atoms with Crippen molar-refractivity contribution in [2.75, 3.05) is 5.73 Å². The molecule has 1 aromatic carbocycles. The molecule has 0 aliphatic carbocycles. The van der Waals surface area contributed by atoms with E-state index in [-0.39, 0.29) is 0 Å². The Balaban J connectivity index is 2.46. The predicted molar refractivity (Wildman–Crippen MR) is 77.8 cm³/mol. The van der Waals surface area contributed by atoms with Gasteiger partial charge >= 0.3 is 0 Å². The summed E-state index contributed by atoms with van der Waals surface area (Å²) in [6.45, 7) is 4.05. The van der Waals surface area contributed by atoms with E-state index >= 15 is 0 Å². The summed E-state index contributed by atoms with van der Waals surface area (Å²) in [7, 11) is 0. The van der Waals surface area contributed by atoms with Gasteiger partial charge in [-0.25, -0.2) is 9.97 Å². The van der Waals surface area contributed by atoms with Crippen molar-refractivity contribution in [3.05, 3.63) is 46.9 Å². The van der Waals surface area contributed by atoms with Gasteiger partial charge in [-0.15, -0.1) is 0 Å². The van der Waals surface area contributed by atoms with E-state index < -0.39 is 0 Å². The summed E-state index contributed by atoms with van der Waals surface area (Å²) in [6, 6.07) is 7.68. The minimum Gasteiger partial charge on any atom is -0.383 e. The zero-order valence-electron chi connectivity index (χ0n) is 10.7. The van der Waals surface area contributed by atoms with Crippen molar-refractivity contribution in [3.63, 3.8) is 0 Å². The Kier molecular flexibility index (Phi) is 2.68. The molecule has 0 amide bonds. The van der Waals surface area contributed by atoms with Crippen LogP contribution in [0.25, 0.3) is 16.7 Å². The first kappa shape index (κ1) is 12.0. The van der Waals surface area contributed by atoms with E-state index in [0.29, 0.717) is 10.8 Å². The van der Waals surface area contributed by atoms with Crippen LogP contribution in [0, 0.1) is 13.8 Å². The molecular weight excluding hydrogens is 260 g/mol. The van der Waals surface area contributed by atoms with Crippen LogP contribution >= 0.6 is 11.6 Å². The Bertz CT molecular complexity index is 776. The monoisotopic (exact) mass is 272 g/mol. The lowest BCUT2D eigenvalue weighted by Gasteiger charge is -2.09. The summed E-state index contributed by atoms with van der Waals surface area (Å²) >= 11 is 6.28. The van der Waals surface area contributed by atoms with E-state index in [4.69, 9.17) is 17.3 Å². The van der Waals surface area contributed by atoms with Crippen LogP contribution in [0.15, 0.2) is 30.6 Å². The van der Waals surface area contributed by atoms with Gasteiger partial charge in [0.1, 0.15) is 12.1 Å². The Morgan fingerprint density at radius 1 is 1.16 bits per heavy atom. The number of fused-ring (bicyclic) bond motifs is 1. The zero-order valence-corrected chi connectivity index (χ0v) is 11.4. The molecule has 2 N–H and O–H groups in total. The first-order valence-corrected chi connectivity index (χ1v) is 6.32. The van der Waals surface area contributed by atoms with Gasteiger partial charge in [0.2, 0.25) is 0 Å². The molecule has 19 heavy (non-hydrogen) atoms. The standard InChI is InChI=1S/C14H13ClN4/c1-8-9(2)19(11-6-4-3-5-10(11)15)14-12(8)13(16)17-7-18-14/h3-7H,1-2H3,(H2,16,17,18). The molecule has 5 heteroatoms. The van der Waals surface area contributed by atoms with E-state index in [2.05, 4.69) is 9.97 Å². The van der Waals surface area contributed by atoms with Crippen LogP contribution in [-0.2, 0) is 0 Å². The van der Waals surface area contributed by atoms with Gasteiger partial charge in [-0.3, -0.25) is 4.57 Å². The number of aryl methyl sites for hydroxylation is 1. The highest BCUT2D eigenvalue weighted by Gasteiger charge is 2.17. The third kappa shape index (κ3) is 1.68. The van der Waals surface area contributed by atoms with Crippen LogP contribution in [0.5, 0.6) is 0 Å². The number of nitrogens with zero attached hydrogens (tertiary/aromatic N) is 3. The molecule has 0 fully saturated rings. The molecule has 0 aliphatic heterocycles. The Morgan fingerprint density at radius 2 is 1.89 bits per heavy atom. The van der Waals surface area contributed by atoms with Crippen LogP contribution in [0.1, 0.15) is 11.3 Å². The number of halogens is 1. The molecule has 0 radical (unpaired) electrons. The average Bonchev–Trinajstić information content (AvgIpc) is 2.64. The summed E-state index contributed by atoms with van der Waals surface area (Å²) in [5.41, 5.74) is 9.79. The number of benzene rings is 1. The van der Waals surface area contributed by atoms with E-state index in [9.17, 15) is 0 Å². The van der Waals surface area contributed by atoms with Crippen LogP contribution in [-0.4, -0.2) is 14.5 Å². The average molecular weight is 273 g/mol. The number of para-hydroxylation sites is 1. The number of rotatable bonds is 1. The number of aromatic nitrogens is 3. The van der Waals surface area contributed by atoms with Gasteiger partial charge in [-0.05, 0) is 31.5 Å². The third-order valence-electron chi connectivity index (χ3n) is 3.41. The second kappa shape index (κ2) is 4.24. The van der Waals surface area contributed by atoms with Crippen LogP contribution < -0.4 is 5.73 Å². The van der Waals surface area contributed by atoms with Gasteiger partial charge in [0.25, 0.3) is 0 Å². The van der Waals surface area contributed by atoms with Crippen molar-refractivity contribution in [2.24, 2.45) is 0 Å². The molecular formula is C14H13ClN4. The van der Waals surface area contributed by atoms with Crippen LogP contribution in [0.2, 0.25) is 5.02 Å². The van der Waals surface area contributed by atoms with E-state index in [1.54, 1.807) is 0 Å². The van der Waals surface area contributed by atoms with E-state index in [1.807, 2.05) is 42.7 Å². The maximum Gasteiger partial charge on any atom is 0.150 e. The highest BCUT2D eigenvalue weighted by Crippen LogP contribution is 2.32. The number of nitrogens with two attached hydrogens (primary N) is 1. The lowest BCUT2D eigenvalue weighted by molar-refractivity contribution is 1.01.